The zero-order valence-corrected chi connectivity index (χ0v) is 14.8. The van der Waals surface area contributed by atoms with Gasteiger partial charge in [-0.3, -0.25) is 0 Å². The molecule has 0 unspecified atom stereocenters. The Morgan fingerprint density at radius 3 is 2.10 bits per heavy atom. The average Bonchev–Trinajstić information content (AvgIpc) is 2.41. The summed E-state index contributed by atoms with van der Waals surface area (Å²) in [6.07, 6.45) is 1.79. The van der Waals surface area contributed by atoms with Gasteiger partial charge in [-0.05, 0) is 32.5 Å². The van der Waals surface area contributed by atoms with E-state index in [0.717, 1.165) is 11.3 Å². The summed E-state index contributed by atoms with van der Waals surface area (Å²) in [5, 5.41) is 0. The number of aliphatic imine (C=N–C) groups is 1. The minimum atomic E-state index is -0.0556. The van der Waals surface area contributed by atoms with Crippen molar-refractivity contribution in [3.8, 4) is 11.3 Å². The van der Waals surface area contributed by atoms with Crippen LogP contribution in [-0.2, 0) is 20.1 Å². The van der Waals surface area contributed by atoms with E-state index in [1.54, 1.807) is 6.20 Å². The van der Waals surface area contributed by atoms with Gasteiger partial charge in [0.1, 0.15) is 0 Å². The van der Waals surface area contributed by atoms with Crippen molar-refractivity contribution in [2.75, 3.05) is 0 Å². The molecule has 0 amide bonds. The zero-order valence-electron chi connectivity index (χ0n) is 12.4. The second-order valence-electron chi connectivity index (χ2n) is 4.79. The minimum absolute atomic E-state index is 0. The van der Waals surface area contributed by atoms with Gasteiger partial charge in [-0.2, -0.15) is 0 Å². The fraction of sp³-hybridized carbons (Fsp3) is 0.235. The Balaban J connectivity index is 0. The van der Waals surface area contributed by atoms with E-state index in [-0.39, 0.29) is 33.1 Å². The molecule has 108 valence electrons. The Kier molecular flexibility index (Phi) is 11.0. The van der Waals surface area contributed by atoms with Crippen LogP contribution < -0.4 is 0 Å². The second kappa shape index (κ2) is 10.5. The Morgan fingerprint density at radius 2 is 1.70 bits per heavy atom. The van der Waals surface area contributed by atoms with Crippen molar-refractivity contribution in [3.63, 3.8) is 0 Å². The molecule has 0 saturated carbocycles. The van der Waals surface area contributed by atoms with Crippen LogP contribution in [0.3, 0.4) is 0 Å². The maximum Gasteiger partial charge on any atom is 3.00 e. The molecule has 0 fully saturated rings. The third kappa shape index (κ3) is 8.73. The molecule has 20 heavy (non-hydrogen) atoms. The zero-order chi connectivity index (χ0) is 13.4. The second-order valence-corrected chi connectivity index (χ2v) is 4.79. The normalized spacial score (nSPS) is 9.15. The number of benzene rings is 1. The van der Waals surface area contributed by atoms with E-state index in [9.17, 15) is 0 Å². The van der Waals surface area contributed by atoms with E-state index in [0.29, 0.717) is 0 Å². The summed E-state index contributed by atoms with van der Waals surface area (Å²) in [6, 6.07) is 16.8. The van der Waals surface area contributed by atoms with Gasteiger partial charge in [0.2, 0.25) is 0 Å². The first-order chi connectivity index (χ1) is 8.53. The molecule has 3 heteroatoms. The van der Waals surface area contributed by atoms with E-state index in [1.807, 2.05) is 63.2 Å². The fourth-order valence-electron chi connectivity index (χ4n) is 1.07. The Labute approximate surface area is 136 Å². The molecule has 2 nitrogen and oxygen atoms in total. The Bertz CT molecular complexity index is 424. The maximum atomic E-state index is 4.93. The molecule has 1 aromatic heterocycles. The maximum absolute atomic E-state index is 4.93. The molecule has 0 bridgehead atoms. The SMILES string of the molecule is [CH-]=NC(C)(C)C.[CH3-].[Ir+3].[c-]1ccccc1-c1ccccn1. The van der Waals surface area contributed by atoms with Crippen LogP contribution in [0.25, 0.3) is 11.3 Å². The van der Waals surface area contributed by atoms with E-state index in [4.69, 9.17) is 6.72 Å². The number of nitrogens with zero attached hydrogens (tertiary/aromatic N) is 2. The van der Waals surface area contributed by atoms with Crippen LogP contribution in [0.2, 0.25) is 0 Å². The van der Waals surface area contributed by atoms with Crippen LogP contribution in [0.1, 0.15) is 20.8 Å². The number of hydrogen-bond donors (Lipinski definition) is 0. The van der Waals surface area contributed by atoms with Crippen LogP contribution in [0.5, 0.6) is 0 Å². The molecular formula is C17H21IrN2. The Morgan fingerprint density at radius 1 is 1.10 bits per heavy atom. The molecule has 0 aliphatic rings. The molecule has 0 aliphatic carbocycles. The van der Waals surface area contributed by atoms with Crippen molar-refractivity contribution in [2.24, 2.45) is 4.99 Å². The largest absolute Gasteiger partial charge is 3.00 e. The predicted octanol–water partition coefficient (Wildman–Crippen LogP) is 4.36. The van der Waals surface area contributed by atoms with Gasteiger partial charge in [-0.15, -0.1) is 35.9 Å². The van der Waals surface area contributed by atoms with Gasteiger partial charge in [0.25, 0.3) is 0 Å². The molecule has 2 rings (SSSR count). The van der Waals surface area contributed by atoms with Crippen LogP contribution in [0, 0.1) is 13.5 Å². The molecular weight excluding hydrogens is 424 g/mol. The van der Waals surface area contributed by atoms with Crippen LogP contribution in [0.15, 0.2) is 53.7 Å². The Hall–Kier alpha value is -1.31. The van der Waals surface area contributed by atoms with E-state index < -0.39 is 0 Å². The van der Waals surface area contributed by atoms with E-state index in [1.165, 1.54) is 0 Å². The van der Waals surface area contributed by atoms with Gasteiger partial charge in [-0.25, -0.2) is 0 Å². The number of aromatic nitrogens is 1. The van der Waals surface area contributed by atoms with Crippen LogP contribution in [0.4, 0.5) is 0 Å². The standard InChI is InChI=1S/C11H8N.C5H10N.CH3.Ir/c1-2-6-10(7-3-1)11-8-4-5-9-12-11;1-5(2,3)6-4;;/h1-6,8-9H;4H,1-3H3;1H3;/q3*-1;+3. The topological polar surface area (TPSA) is 25.2 Å². The van der Waals surface area contributed by atoms with Crippen molar-refractivity contribution in [1.82, 2.24) is 4.98 Å². The van der Waals surface area contributed by atoms with E-state index >= 15 is 0 Å². The molecule has 1 aromatic carbocycles. The minimum Gasteiger partial charge on any atom is -0.501 e. The fourth-order valence-corrected chi connectivity index (χ4v) is 1.07. The van der Waals surface area contributed by atoms with Gasteiger partial charge in [0.15, 0.2) is 0 Å². The molecule has 0 radical (unpaired) electrons. The molecule has 0 atom stereocenters. The summed E-state index contributed by atoms with van der Waals surface area (Å²) in [5.74, 6) is 0. The van der Waals surface area contributed by atoms with Crippen molar-refractivity contribution in [3.05, 3.63) is 62.2 Å². The smallest absolute Gasteiger partial charge is 0.501 e. The molecule has 1 heterocycles. The third-order valence-corrected chi connectivity index (χ3v) is 2.04. The van der Waals surface area contributed by atoms with Gasteiger partial charge in [0.05, 0.1) is 0 Å². The molecule has 2 aromatic rings. The molecule has 0 aliphatic heterocycles. The summed E-state index contributed by atoms with van der Waals surface area (Å²) >= 11 is 0. The van der Waals surface area contributed by atoms with E-state index in [2.05, 4.69) is 16.0 Å². The van der Waals surface area contributed by atoms with Crippen molar-refractivity contribution >= 4 is 6.72 Å². The van der Waals surface area contributed by atoms with Crippen LogP contribution >= 0.6 is 0 Å². The van der Waals surface area contributed by atoms with Crippen molar-refractivity contribution in [1.29, 1.82) is 0 Å². The summed E-state index contributed by atoms with van der Waals surface area (Å²) in [6.45, 7) is 10.8. The molecule has 0 N–H and O–H groups in total. The van der Waals surface area contributed by atoms with Crippen molar-refractivity contribution in [2.45, 2.75) is 26.3 Å². The molecule has 0 spiro atoms. The first-order valence-corrected chi connectivity index (χ1v) is 5.83. The molecule has 0 saturated heterocycles. The van der Waals surface area contributed by atoms with Gasteiger partial charge in [0, 0.05) is 11.7 Å². The van der Waals surface area contributed by atoms with Crippen LogP contribution in [-0.4, -0.2) is 17.2 Å². The van der Waals surface area contributed by atoms with Gasteiger partial charge < -0.3 is 24.1 Å². The van der Waals surface area contributed by atoms with Gasteiger partial charge in [-0.1, -0.05) is 12.1 Å². The number of rotatable bonds is 1. The monoisotopic (exact) mass is 446 g/mol. The quantitative estimate of drug-likeness (QED) is 0.473. The predicted molar refractivity (Wildman–Crippen MR) is 83.2 cm³/mol. The number of pyridine rings is 1. The van der Waals surface area contributed by atoms with Crippen molar-refractivity contribution < 1.29 is 20.1 Å². The summed E-state index contributed by atoms with van der Waals surface area (Å²) in [4.78, 5) is 7.74. The number of hydrogen-bond acceptors (Lipinski definition) is 2. The third-order valence-electron chi connectivity index (χ3n) is 2.04. The van der Waals surface area contributed by atoms with Gasteiger partial charge >= 0.3 is 20.1 Å². The first kappa shape index (κ1) is 21.0. The summed E-state index contributed by atoms with van der Waals surface area (Å²) < 4.78 is 0. The first-order valence-electron chi connectivity index (χ1n) is 5.83. The average molecular weight is 446 g/mol. The summed E-state index contributed by atoms with van der Waals surface area (Å²) in [7, 11) is 0. The summed E-state index contributed by atoms with van der Waals surface area (Å²) in [5.41, 5.74) is 1.95.